The second kappa shape index (κ2) is 6.39. The second-order valence-corrected chi connectivity index (χ2v) is 6.02. The Balaban J connectivity index is 1.98. The van der Waals surface area contributed by atoms with Crippen LogP contribution in [0.15, 0.2) is 77.6 Å². The van der Waals surface area contributed by atoms with E-state index in [1.165, 1.54) is 12.1 Å². The average Bonchev–Trinajstić information content (AvgIpc) is 2.67. The van der Waals surface area contributed by atoms with E-state index in [9.17, 15) is 18.0 Å². The van der Waals surface area contributed by atoms with Crippen molar-refractivity contribution in [2.45, 2.75) is 6.18 Å². The number of fused-ring (bicyclic) bond motifs is 1. The lowest BCUT2D eigenvalue weighted by Crippen LogP contribution is -2.10. The van der Waals surface area contributed by atoms with Crippen molar-refractivity contribution in [1.29, 1.82) is 0 Å². The maximum Gasteiger partial charge on any atom is 0.417 e. The van der Waals surface area contributed by atoms with Crippen LogP contribution in [0.3, 0.4) is 0 Å². The van der Waals surface area contributed by atoms with E-state index < -0.39 is 11.7 Å². The van der Waals surface area contributed by atoms with Gasteiger partial charge in [-0.05, 0) is 29.3 Å². The first-order valence-electron chi connectivity index (χ1n) is 8.20. The van der Waals surface area contributed by atoms with Gasteiger partial charge in [0, 0.05) is 5.56 Å². The highest BCUT2D eigenvalue weighted by Gasteiger charge is 2.33. The molecule has 0 radical (unpaired) electrons. The Kier molecular flexibility index (Phi) is 4.03. The summed E-state index contributed by atoms with van der Waals surface area (Å²) in [6.45, 7) is 0. The molecule has 4 aromatic rings. The van der Waals surface area contributed by atoms with Crippen LogP contribution in [-0.4, -0.2) is 9.97 Å². The molecule has 3 nitrogen and oxygen atoms in total. The van der Waals surface area contributed by atoms with Crippen molar-refractivity contribution >= 4 is 10.9 Å². The summed E-state index contributed by atoms with van der Waals surface area (Å²) in [6.07, 6.45) is -4.49. The minimum Gasteiger partial charge on any atom is -0.306 e. The minimum absolute atomic E-state index is 0.0383. The summed E-state index contributed by atoms with van der Waals surface area (Å²) in [5, 5.41) is 0.425. The largest absolute Gasteiger partial charge is 0.417 e. The van der Waals surface area contributed by atoms with Crippen LogP contribution in [0.25, 0.3) is 33.4 Å². The van der Waals surface area contributed by atoms with Crippen LogP contribution in [-0.2, 0) is 6.18 Å². The third-order valence-corrected chi connectivity index (χ3v) is 4.32. The monoisotopic (exact) mass is 366 g/mol. The molecule has 1 aromatic heterocycles. The van der Waals surface area contributed by atoms with Crippen LogP contribution < -0.4 is 5.56 Å². The van der Waals surface area contributed by atoms with Crippen molar-refractivity contribution in [1.82, 2.24) is 9.97 Å². The first-order valence-corrected chi connectivity index (χ1v) is 8.20. The Morgan fingerprint density at radius 2 is 1.33 bits per heavy atom. The van der Waals surface area contributed by atoms with Crippen LogP contribution >= 0.6 is 0 Å². The Hall–Kier alpha value is -3.41. The number of benzene rings is 3. The van der Waals surface area contributed by atoms with E-state index in [0.29, 0.717) is 22.0 Å². The number of H-pyrrole nitrogens is 1. The van der Waals surface area contributed by atoms with Gasteiger partial charge in [-0.2, -0.15) is 13.2 Å². The molecular weight excluding hydrogens is 353 g/mol. The topological polar surface area (TPSA) is 45.8 Å². The number of aromatic amines is 1. The number of hydrogen-bond acceptors (Lipinski definition) is 2. The number of halogens is 3. The van der Waals surface area contributed by atoms with E-state index in [1.807, 2.05) is 0 Å². The lowest BCUT2D eigenvalue weighted by molar-refractivity contribution is -0.137. The molecule has 27 heavy (non-hydrogen) atoms. The predicted molar refractivity (Wildman–Crippen MR) is 98.2 cm³/mol. The second-order valence-electron chi connectivity index (χ2n) is 6.02. The molecule has 6 heteroatoms. The van der Waals surface area contributed by atoms with Crippen LogP contribution in [0, 0.1) is 0 Å². The molecule has 0 amide bonds. The molecule has 4 rings (SSSR count). The Morgan fingerprint density at radius 1 is 0.741 bits per heavy atom. The van der Waals surface area contributed by atoms with E-state index in [1.54, 1.807) is 54.6 Å². The van der Waals surface area contributed by atoms with E-state index in [0.717, 1.165) is 6.07 Å². The molecule has 0 fully saturated rings. The lowest BCUT2D eigenvalue weighted by atomic mass is 9.94. The van der Waals surface area contributed by atoms with Gasteiger partial charge in [-0.3, -0.25) is 4.79 Å². The van der Waals surface area contributed by atoms with Gasteiger partial charge in [-0.1, -0.05) is 54.6 Å². The van der Waals surface area contributed by atoms with Gasteiger partial charge >= 0.3 is 6.18 Å². The standard InChI is InChI=1S/C21H13F3N2O/c22-21(23,24)17-11-5-3-8-14(17)13-7-1-2-9-15(13)19-25-18-12-6-4-10-16(18)20(27)26-19/h1-12H,(H,25,26,27). The Morgan fingerprint density at radius 3 is 2.07 bits per heavy atom. The first kappa shape index (κ1) is 17.0. The van der Waals surface area contributed by atoms with Gasteiger partial charge in [0.15, 0.2) is 0 Å². The van der Waals surface area contributed by atoms with Crippen LogP contribution in [0.4, 0.5) is 13.2 Å². The molecule has 0 aliphatic rings. The van der Waals surface area contributed by atoms with Gasteiger partial charge in [0.05, 0.1) is 16.5 Å². The normalized spacial score (nSPS) is 11.7. The maximum absolute atomic E-state index is 13.5. The summed E-state index contributed by atoms with van der Waals surface area (Å²) in [5.74, 6) is 0.228. The van der Waals surface area contributed by atoms with Crippen molar-refractivity contribution in [2.75, 3.05) is 0 Å². The third-order valence-electron chi connectivity index (χ3n) is 4.32. The number of rotatable bonds is 2. The molecule has 134 valence electrons. The van der Waals surface area contributed by atoms with Gasteiger partial charge in [0.2, 0.25) is 0 Å². The number of nitrogens with zero attached hydrogens (tertiary/aromatic N) is 1. The fourth-order valence-corrected chi connectivity index (χ4v) is 3.10. The first-order chi connectivity index (χ1) is 12.9. The van der Waals surface area contributed by atoms with E-state index in [4.69, 9.17) is 0 Å². The van der Waals surface area contributed by atoms with Crippen LogP contribution in [0.5, 0.6) is 0 Å². The quantitative estimate of drug-likeness (QED) is 0.525. The Bertz CT molecular complexity index is 1200. The summed E-state index contributed by atoms with van der Waals surface area (Å²) in [4.78, 5) is 19.5. The van der Waals surface area contributed by atoms with Crippen molar-refractivity contribution in [2.24, 2.45) is 0 Å². The van der Waals surface area contributed by atoms with Gasteiger partial charge in [-0.25, -0.2) is 4.98 Å². The molecule has 0 saturated heterocycles. The Labute approximate surface area is 152 Å². The predicted octanol–water partition coefficient (Wildman–Crippen LogP) is 5.28. The molecule has 0 bridgehead atoms. The highest BCUT2D eigenvalue weighted by Crippen LogP contribution is 2.39. The summed E-state index contributed by atoms with van der Waals surface area (Å²) in [7, 11) is 0. The molecule has 1 heterocycles. The SMILES string of the molecule is O=c1[nH]c(-c2ccccc2-c2ccccc2C(F)(F)F)nc2ccccc12. The van der Waals surface area contributed by atoms with Gasteiger partial charge in [-0.15, -0.1) is 0 Å². The van der Waals surface area contributed by atoms with E-state index in [2.05, 4.69) is 9.97 Å². The zero-order chi connectivity index (χ0) is 19.0. The number of hydrogen-bond donors (Lipinski definition) is 1. The van der Waals surface area contributed by atoms with Crippen molar-refractivity contribution in [3.05, 3.63) is 88.7 Å². The number of aromatic nitrogens is 2. The third kappa shape index (κ3) is 3.10. The number of alkyl halides is 3. The fraction of sp³-hybridized carbons (Fsp3) is 0.0476. The van der Waals surface area contributed by atoms with E-state index >= 15 is 0 Å². The molecule has 1 N–H and O–H groups in total. The summed E-state index contributed by atoms with van der Waals surface area (Å²) in [6, 6.07) is 18.8. The van der Waals surface area contributed by atoms with Crippen molar-refractivity contribution < 1.29 is 13.2 Å². The molecule has 0 atom stereocenters. The number of para-hydroxylation sites is 1. The average molecular weight is 366 g/mol. The summed E-state index contributed by atoms with van der Waals surface area (Å²) < 4.78 is 40.4. The summed E-state index contributed by atoms with van der Waals surface area (Å²) >= 11 is 0. The minimum atomic E-state index is -4.49. The maximum atomic E-state index is 13.5. The molecule has 0 aliphatic carbocycles. The van der Waals surface area contributed by atoms with Crippen molar-refractivity contribution in [3.8, 4) is 22.5 Å². The summed E-state index contributed by atoms with van der Waals surface area (Å²) in [5.41, 5.74) is 0.225. The smallest absolute Gasteiger partial charge is 0.306 e. The highest BCUT2D eigenvalue weighted by atomic mass is 19.4. The zero-order valence-electron chi connectivity index (χ0n) is 13.9. The van der Waals surface area contributed by atoms with Crippen molar-refractivity contribution in [3.63, 3.8) is 0 Å². The molecule has 0 saturated carbocycles. The van der Waals surface area contributed by atoms with E-state index in [-0.39, 0.29) is 16.9 Å². The number of nitrogens with one attached hydrogen (secondary N) is 1. The van der Waals surface area contributed by atoms with Crippen LogP contribution in [0.1, 0.15) is 5.56 Å². The molecule has 0 unspecified atom stereocenters. The van der Waals surface area contributed by atoms with Gasteiger partial charge in [0.1, 0.15) is 5.82 Å². The van der Waals surface area contributed by atoms with Gasteiger partial charge in [0.25, 0.3) is 5.56 Å². The molecule has 0 aliphatic heterocycles. The van der Waals surface area contributed by atoms with Crippen LogP contribution in [0.2, 0.25) is 0 Å². The molecule has 3 aromatic carbocycles. The highest BCUT2D eigenvalue weighted by molar-refractivity contribution is 5.85. The van der Waals surface area contributed by atoms with Gasteiger partial charge < -0.3 is 4.98 Å². The molecular formula is C21H13F3N2O. The zero-order valence-corrected chi connectivity index (χ0v) is 13.9. The lowest BCUT2D eigenvalue weighted by Gasteiger charge is -2.15. The fourth-order valence-electron chi connectivity index (χ4n) is 3.10. The molecule has 0 spiro atoms.